The fraction of sp³-hybridized carbons (Fsp3) is 0.250. The summed E-state index contributed by atoms with van der Waals surface area (Å²) >= 11 is 12.1. The van der Waals surface area contributed by atoms with E-state index in [1.165, 1.54) is 6.34 Å². The molecule has 0 bridgehead atoms. The lowest BCUT2D eigenvalue weighted by Crippen LogP contribution is -2.10. The molecule has 1 rings (SSSR count). The van der Waals surface area contributed by atoms with Crippen molar-refractivity contribution in [3.63, 3.8) is 0 Å². The molecule has 0 aliphatic heterocycles. The monoisotopic (exact) mass is 288 g/mol. The van der Waals surface area contributed by atoms with Crippen LogP contribution < -0.4 is 10.2 Å². The van der Waals surface area contributed by atoms with Gasteiger partial charge < -0.3 is 4.74 Å². The van der Waals surface area contributed by atoms with Gasteiger partial charge in [-0.15, -0.1) is 0 Å². The van der Waals surface area contributed by atoms with Crippen LogP contribution in [0.2, 0.25) is 10.0 Å². The number of hydrogen-bond donors (Lipinski definition) is 1. The first kappa shape index (κ1) is 14.8. The van der Waals surface area contributed by atoms with Crippen molar-refractivity contribution in [2.45, 2.75) is 6.92 Å². The third-order valence-corrected chi connectivity index (χ3v) is 2.38. The molecular formula is C12H14Cl2N2O2. The Balaban J connectivity index is 2.78. The topological polar surface area (TPSA) is 42.8 Å². The van der Waals surface area contributed by atoms with Crippen molar-refractivity contribution in [2.75, 3.05) is 13.2 Å². The number of halogens is 2. The molecule has 0 fully saturated rings. The summed E-state index contributed by atoms with van der Waals surface area (Å²) < 4.78 is 5.34. The molecule has 6 heteroatoms. The third kappa shape index (κ3) is 4.56. The highest BCUT2D eigenvalue weighted by atomic mass is 35.5. The number of ether oxygens (including phenoxy) is 1. The Labute approximate surface area is 116 Å². The normalized spacial score (nSPS) is 10.6. The fourth-order valence-corrected chi connectivity index (χ4v) is 1.71. The summed E-state index contributed by atoms with van der Waals surface area (Å²) in [5.74, 6) is 0.426. The first-order valence-corrected chi connectivity index (χ1v) is 6.07. The molecule has 18 heavy (non-hydrogen) atoms. The molecule has 0 amide bonds. The van der Waals surface area contributed by atoms with Gasteiger partial charge in [0.1, 0.15) is 12.9 Å². The first-order valence-electron chi connectivity index (χ1n) is 5.31. The van der Waals surface area contributed by atoms with Crippen molar-refractivity contribution in [3.8, 4) is 5.75 Å². The van der Waals surface area contributed by atoms with E-state index in [9.17, 15) is 0 Å². The van der Waals surface area contributed by atoms with Gasteiger partial charge in [-0.3, -0.25) is 10.3 Å². The minimum atomic E-state index is 0.341. The summed E-state index contributed by atoms with van der Waals surface area (Å²) in [4.78, 5) is 8.97. The molecular weight excluding hydrogens is 275 g/mol. The summed E-state index contributed by atoms with van der Waals surface area (Å²) in [6, 6.07) is 3.30. The van der Waals surface area contributed by atoms with Crippen LogP contribution in [0.4, 0.5) is 5.69 Å². The quantitative estimate of drug-likeness (QED) is 0.273. The highest BCUT2D eigenvalue weighted by molar-refractivity contribution is 6.37. The van der Waals surface area contributed by atoms with Crippen LogP contribution in [-0.4, -0.2) is 19.6 Å². The Morgan fingerprint density at radius 1 is 1.39 bits per heavy atom. The van der Waals surface area contributed by atoms with E-state index < -0.39 is 0 Å². The smallest absolute Gasteiger partial charge is 0.157 e. The predicted molar refractivity (Wildman–Crippen MR) is 75.1 cm³/mol. The van der Waals surface area contributed by atoms with E-state index in [4.69, 9.17) is 32.8 Å². The minimum absolute atomic E-state index is 0.341. The molecule has 0 saturated heterocycles. The zero-order valence-electron chi connectivity index (χ0n) is 9.95. The van der Waals surface area contributed by atoms with Crippen molar-refractivity contribution in [1.82, 2.24) is 5.48 Å². The Hall–Kier alpha value is -1.23. The maximum Gasteiger partial charge on any atom is 0.157 e. The second kappa shape index (κ2) is 7.97. The molecule has 0 atom stereocenters. The average Bonchev–Trinajstić information content (AvgIpc) is 2.34. The van der Waals surface area contributed by atoms with E-state index in [-0.39, 0.29) is 0 Å². The van der Waals surface area contributed by atoms with Gasteiger partial charge in [-0.1, -0.05) is 35.9 Å². The van der Waals surface area contributed by atoms with Crippen molar-refractivity contribution in [1.29, 1.82) is 0 Å². The average molecular weight is 289 g/mol. The largest absolute Gasteiger partial charge is 0.486 e. The number of benzene rings is 1. The number of hydrogen-bond acceptors (Lipinski definition) is 3. The van der Waals surface area contributed by atoms with E-state index >= 15 is 0 Å². The maximum atomic E-state index is 6.04. The second-order valence-corrected chi connectivity index (χ2v) is 3.96. The third-order valence-electron chi connectivity index (χ3n) is 1.82. The molecule has 0 spiro atoms. The van der Waals surface area contributed by atoms with Crippen LogP contribution in [0, 0.1) is 0 Å². The molecule has 0 unspecified atom stereocenters. The number of nitrogens with one attached hydrogen (secondary N) is 1. The highest BCUT2D eigenvalue weighted by Crippen LogP contribution is 2.36. The van der Waals surface area contributed by atoms with E-state index in [1.807, 2.05) is 6.92 Å². The predicted octanol–water partition coefficient (Wildman–Crippen LogP) is 3.76. The summed E-state index contributed by atoms with van der Waals surface area (Å²) in [6.45, 7) is 6.30. The van der Waals surface area contributed by atoms with Gasteiger partial charge in [0.05, 0.1) is 22.3 Å². The summed E-state index contributed by atoms with van der Waals surface area (Å²) in [7, 11) is 0. The summed E-state index contributed by atoms with van der Waals surface area (Å²) in [5.41, 5.74) is 3.15. The summed E-state index contributed by atoms with van der Waals surface area (Å²) in [6.07, 6.45) is 3.03. The molecule has 1 N–H and O–H groups in total. The lowest BCUT2D eigenvalue weighted by Gasteiger charge is -2.08. The standard InChI is InChI=1S/C12H14Cl2N2O2/c1-3-5-17-12-10(13)6-9(7-11(12)14)15-8-16-18-4-2/h3,6-8H,1,4-5H2,2H3,(H,15,16). The number of nitrogens with zero attached hydrogens (tertiary/aromatic N) is 1. The first-order chi connectivity index (χ1) is 8.69. The molecule has 0 saturated carbocycles. The van der Waals surface area contributed by atoms with E-state index in [0.717, 1.165) is 0 Å². The van der Waals surface area contributed by atoms with Gasteiger partial charge in [0.15, 0.2) is 5.75 Å². The van der Waals surface area contributed by atoms with E-state index in [2.05, 4.69) is 17.1 Å². The lowest BCUT2D eigenvalue weighted by molar-refractivity contribution is 0.100. The summed E-state index contributed by atoms with van der Waals surface area (Å²) in [5, 5.41) is 0.792. The zero-order chi connectivity index (χ0) is 13.4. The van der Waals surface area contributed by atoms with Gasteiger partial charge in [0, 0.05) is 0 Å². The molecule has 4 nitrogen and oxygen atoms in total. The van der Waals surface area contributed by atoms with Crippen LogP contribution in [0.5, 0.6) is 5.75 Å². The SMILES string of the molecule is C=CCOc1c(Cl)cc(N=CNOCC)cc1Cl. The van der Waals surface area contributed by atoms with Gasteiger partial charge >= 0.3 is 0 Å². The maximum absolute atomic E-state index is 6.04. The van der Waals surface area contributed by atoms with Crippen molar-refractivity contribution in [2.24, 2.45) is 4.99 Å². The Kier molecular flexibility index (Phi) is 6.57. The molecule has 98 valence electrons. The van der Waals surface area contributed by atoms with Crippen LogP contribution in [0.25, 0.3) is 0 Å². The van der Waals surface area contributed by atoms with Gasteiger partial charge in [0.2, 0.25) is 0 Å². The fourth-order valence-electron chi connectivity index (χ4n) is 1.12. The van der Waals surface area contributed by atoms with Gasteiger partial charge in [-0.05, 0) is 19.1 Å². The van der Waals surface area contributed by atoms with Crippen LogP contribution in [0.1, 0.15) is 6.92 Å². The number of rotatable bonds is 7. The second-order valence-electron chi connectivity index (χ2n) is 3.15. The lowest BCUT2D eigenvalue weighted by atomic mass is 10.3. The zero-order valence-corrected chi connectivity index (χ0v) is 11.5. The van der Waals surface area contributed by atoms with Crippen LogP contribution >= 0.6 is 23.2 Å². The highest BCUT2D eigenvalue weighted by Gasteiger charge is 2.08. The molecule has 1 aromatic carbocycles. The van der Waals surface area contributed by atoms with E-state index in [0.29, 0.717) is 34.7 Å². The number of aliphatic imine (C=N–C) groups is 1. The molecule has 0 heterocycles. The Morgan fingerprint density at radius 2 is 2.06 bits per heavy atom. The van der Waals surface area contributed by atoms with Crippen molar-refractivity contribution in [3.05, 3.63) is 34.8 Å². The Bertz CT molecular complexity index is 413. The molecule has 1 aromatic rings. The van der Waals surface area contributed by atoms with Crippen molar-refractivity contribution >= 4 is 35.2 Å². The van der Waals surface area contributed by atoms with Crippen LogP contribution in [0.15, 0.2) is 29.8 Å². The van der Waals surface area contributed by atoms with Crippen molar-refractivity contribution < 1.29 is 9.57 Å². The van der Waals surface area contributed by atoms with Gasteiger partial charge in [-0.25, -0.2) is 4.99 Å². The van der Waals surface area contributed by atoms with Gasteiger partial charge in [0.25, 0.3) is 0 Å². The molecule has 0 aromatic heterocycles. The molecule has 0 radical (unpaired) electrons. The molecule has 0 aliphatic carbocycles. The van der Waals surface area contributed by atoms with Crippen LogP contribution in [-0.2, 0) is 4.84 Å². The van der Waals surface area contributed by atoms with Crippen LogP contribution in [0.3, 0.4) is 0 Å². The minimum Gasteiger partial charge on any atom is -0.486 e. The number of hydroxylamine groups is 1. The molecule has 0 aliphatic rings. The van der Waals surface area contributed by atoms with Gasteiger partial charge in [-0.2, -0.15) is 0 Å². The van der Waals surface area contributed by atoms with E-state index in [1.54, 1.807) is 18.2 Å². The Morgan fingerprint density at radius 3 is 2.61 bits per heavy atom.